The van der Waals surface area contributed by atoms with Crippen LogP contribution in [0.4, 0.5) is 0 Å². The molecule has 0 heterocycles. The van der Waals surface area contributed by atoms with Crippen LogP contribution in [-0.4, -0.2) is 16.8 Å². The van der Waals surface area contributed by atoms with Gasteiger partial charge in [0.15, 0.2) is 0 Å². The SMILES string of the molecule is OCc1cc(Br)c(OCC(O)c2ccccc2)c(Br)c1. The molecule has 0 bridgehead atoms. The average Bonchev–Trinajstić information content (AvgIpc) is 2.46. The Kier molecular flexibility index (Phi) is 5.60. The highest BCUT2D eigenvalue weighted by atomic mass is 79.9. The summed E-state index contributed by atoms with van der Waals surface area (Å²) in [7, 11) is 0. The minimum Gasteiger partial charge on any atom is -0.488 e. The van der Waals surface area contributed by atoms with Crippen LogP contribution in [0.2, 0.25) is 0 Å². The van der Waals surface area contributed by atoms with Crippen molar-refractivity contribution >= 4 is 31.9 Å². The third-order valence-electron chi connectivity index (χ3n) is 2.81. The van der Waals surface area contributed by atoms with Gasteiger partial charge in [-0.1, -0.05) is 30.3 Å². The predicted octanol–water partition coefficient (Wildman–Crippen LogP) is 3.82. The van der Waals surface area contributed by atoms with Gasteiger partial charge in [0.25, 0.3) is 0 Å². The minimum atomic E-state index is -0.687. The number of hydrogen-bond donors (Lipinski definition) is 2. The van der Waals surface area contributed by atoms with Gasteiger partial charge in [-0.15, -0.1) is 0 Å². The van der Waals surface area contributed by atoms with Gasteiger partial charge in [-0.05, 0) is 55.1 Å². The fraction of sp³-hybridized carbons (Fsp3) is 0.200. The fourth-order valence-electron chi connectivity index (χ4n) is 1.78. The van der Waals surface area contributed by atoms with E-state index in [2.05, 4.69) is 31.9 Å². The molecule has 0 fully saturated rings. The minimum absolute atomic E-state index is 0.0376. The van der Waals surface area contributed by atoms with Gasteiger partial charge in [0.05, 0.1) is 15.6 Å². The summed E-state index contributed by atoms with van der Waals surface area (Å²) in [5.74, 6) is 0.609. The number of hydrogen-bond acceptors (Lipinski definition) is 3. The number of benzene rings is 2. The van der Waals surface area contributed by atoms with Crippen LogP contribution in [0, 0.1) is 0 Å². The Hall–Kier alpha value is -0.880. The van der Waals surface area contributed by atoms with Gasteiger partial charge in [0.2, 0.25) is 0 Å². The number of rotatable bonds is 5. The summed E-state index contributed by atoms with van der Waals surface area (Å²) < 4.78 is 7.12. The van der Waals surface area contributed by atoms with E-state index in [0.29, 0.717) is 5.75 Å². The molecule has 3 nitrogen and oxygen atoms in total. The normalized spacial score (nSPS) is 12.2. The highest BCUT2D eigenvalue weighted by molar-refractivity contribution is 9.11. The van der Waals surface area contributed by atoms with Crippen molar-refractivity contribution in [3.05, 3.63) is 62.5 Å². The fourth-order valence-corrected chi connectivity index (χ4v) is 3.29. The lowest BCUT2D eigenvalue weighted by molar-refractivity contribution is 0.107. The second-order valence-corrected chi connectivity index (χ2v) is 5.99. The first kappa shape index (κ1) is 15.5. The summed E-state index contributed by atoms with van der Waals surface area (Å²) in [6.07, 6.45) is -0.687. The molecule has 0 aliphatic heterocycles. The second kappa shape index (κ2) is 7.22. The quantitative estimate of drug-likeness (QED) is 0.800. The van der Waals surface area contributed by atoms with Crippen LogP contribution in [0.3, 0.4) is 0 Å². The van der Waals surface area contributed by atoms with Crippen LogP contribution < -0.4 is 4.74 Å². The Labute approximate surface area is 134 Å². The second-order valence-electron chi connectivity index (χ2n) is 4.28. The standard InChI is InChI=1S/C15H14Br2O3/c16-12-6-10(8-18)7-13(17)15(12)20-9-14(19)11-4-2-1-3-5-11/h1-7,14,18-19H,8-9H2. The van der Waals surface area contributed by atoms with Crippen LogP contribution in [0.1, 0.15) is 17.2 Å². The predicted molar refractivity (Wildman–Crippen MR) is 84.7 cm³/mol. The van der Waals surface area contributed by atoms with Gasteiger partial charge >= 0.3 is 0 Å². The molecule has 5 heteroatoms. The van der Waals surface area contributed by atoms with Gasteiger partial charge in [-0.3, -0.25) is 0 Å². The Balaban J connectivity index is 2.08. The third-order valence-corrected chi connectivity index (χ3v) is 3.99. The molecule has 2 rings (SSSR count). The van der Waals surface area contributed by atoms with E-state index in [4.69, 9.17) is 9.84 Å². The van der Waals surface area contributed by atoms with Crippen LogP contribution in [0.15, 0.2) is 51.4 Å². The number of ether oxygens (including phenoxy) is 1. The summed E-state index contributed by atoms with van der Waals surface area (Å²) in [4.78, 5) is 0. The topological polar surface area (TPSA) is 49.7 Å². The first-order chi connectivity index (χ1) is 9.61. The highest BCUT2D eigenvalue weighted by Crippen LogP contribution is 2.35. The van der Waals surface area contributed by atoms with Crippen molar-refractivity contribution in [3.8, 4) is 5.75 Å². The zero-order valence-electron chi connectivity index (χ0n) is 10.6. The maximum absolute atomic E-state index is 10.1. The van der Waals surface area contributed by atoms with Gasteiger partial charge in [-0.2, -0.15) is 0 Å². The highest BCUT2D eigenvalue weighted by Gasteiger charge is 2.12. The molecule has 2 aromatic rings. The number of aliphatic hydroxyl groups excluding tert-OH is 2. The zero-order valence-corrected chi connectivity index (χ0v) is 13.8. The molecule has 106 valence electrons. The lowest BCUT2D eigenvalue weighted by atomic mass is 10.1. The van der Waals surface area contributed by atoms with Crippen molar-refractivity contribution in [1.82, 2.24) is 0 Å². The monoisotopic (exact) mass is 400 g/mol. The van der Waals surface area contributed by atoms with Crippen molar-refractivity contribution in [2.45, 2.75) is 12.7 Å². The van der Waals surface area contributed by atoms with Crippen LogP contribution in [0.5, 0.6) is 5.75 Å². The van der Waals surface area contributed by atoms with E-state index in [-0.39, 0.29) is 13.2 Å². The molecule has 0 saturated heterocycles. The summed E-state index contributed by atoms with van der Waals surface area (Å²) >= 11 is 6.79. The van der Waals surface area contributed by atoms with Gasteiger partial charge in [0, 0.05) is 0 Å². The number of halogens is 2. The van der Waals surface area contributed by atoms with E-state index in [1.54, 1.807) is 12.1 Å². The molecule has 0 radical (unpaired) electrons. The Morgan fingerprint density at radius 2 is 1.65 bits per heavy atom. The van der Waals surface area contributed by atoms with Gasteiger partial charge < -0.3 is 14.9 Å². The van der Waals surface area contributed by atoms with E-state index in [1.165, 1.54) is 0 Å². The van der Waals surface area contributed by atoms with Crippen molar-refractivity contribution in [2.75, 3.05) is 6.61 Å². The molecule has 1 unspecified atom stereocenters. The van der Waals surface area contributed by atoms with E-state index in [9.17, 15) is 5.11 Å². The van der Waals surface area contributed by atoms with Crippen LogP contribution in [0.25, 0.3) is 0 Å². The maximum Gasteiger partial charge on any atom is 0.147 e. The first-order valence-corrected chi connectivity index (χ1v) is 7.65. The lowest BCUT2D eigenvalue weighted by Crippen LogP contribution is -2.10. The van der Waals surface area contributed by atoms with Crippen LogP contribution >= 0.6 is 31.9 Å². The molecule has 2 N–H and O–H groups in total. The van der Waals surface area contributed by atoms with E-state index >= 15 is 0 Å². The molecule has 0 spiro atoms. The molecule has 1 atom stereocenters. The zero-order chi connectivity index (χ0) is 14.5. The lowest BCUT2D eigenvalue weighted by Gasteiger charge is -2.15. The summed E-state index contributed by atoms with van der Waals surface area (Å²) in [6, 6.07) is 12.9. The smallest absolute Gasteiger partial charge is 0.147 e. The summed E-state index contributed by atoms with van der Waals surface area (Å²) in [6.45, 7) is 0.115. The van der Waals surface area contributed by atoms with E-state index < -0.39 is 6.10 Å². The van der Waals surface area contributed by atoms with Crippen molar-refractivity contribution in [2.24, 2.45) is 0 Å². The van der Waals surface area contributed by atoms with Crippen LogP contribution in [-0.2, 0) is 6.61 Å². The molecule has 0 aliphatic rings. The van der Waals surface area contributed by atoms with E-state index in [1.807, 2.05) is 30.3 Å². The Morgan fingerprint density at radius 3 is 2.20 bits per heavy atom. The maximum atomic E-state index is 10.1. The van der Waals surface area contributed by atoms with Crippen molar-refractivity contribution in [3.63, 3.8) is 0 Å². The molecule has 2 aromatic carbocycles. The number of aliphatic hydroxyl groups is 2. The van der Waals surface area contributed by atoms with E-state index in [0.717, 1.165) is 20.1 Å². The Bertz CT molecular complexity index is 550. The average molecular weight is 402 g/mol. The molecule has 20 heavy (non-hydrogen) atoms. The van der Waals surface area contributed by atoms with Crippen molar-refractivity contribution in [1.29, 1.82) is 0 Å². The largest absolute Gasteiger partial charge is 0.488 e. The third kappa shape index (κ3) is 3.82. The molecule has 0 aliphatic carbocycles. The molecule has 0 amide bonds. The van der Waals surface area contributed by atoms with Crippen molar-refractivity contribution < 1.29 is 14.9 Å². The molecular weight excluding hydrogens is 388 g/mol. The summed E-state index contributed by atoms with van der Waals surface area (Å²) in [5.41, 5.74) is 1.59. The van der Waals surface area contributed by atoms with Gasteiger partial charge in [-0.25, -0.2) is 0 Å². The molecule has 0 saturated carbocycles. The molecule has 0 aromatic heterocycles. The summed E-state index contributed by atoms with van der Waals surface area (Å²) in [5, 5.41) is 19.2. The Morgan fingerprint density at radius 1 is 1.05 bits per heavy atom. The molecular formula is C15H14Br2O3. The van der Waals surface area contributed by atoms with Gasteiger partial charge in [0.1, 0.15) is 18.5 Å². The first-order valence-electron chi connectivity index (χ1n) is 6.06.